The van der Waals surface area contributed by atoms with Crippen LogP contribution in [0.3, 0.4) is 0 Å². The van der Waals surface area contributed by atoms with Gasteiger partial charge in [0.1, 0.15) is 5.00 Å². The lowest BCUT2D eigenvalue weighted by Gasteiger charge is -2.09. The van der Waals surface area contributed by atoms with Crippen molar-refractivity contribution in [2.75, 3.05) is 11.9 Å². The molecule has 1 aromatic carbocycles. The number of hydrogen-bond donors (Lipinski definition) is 2. The highest BCUT2D eigenvalue weighted by atomic mass is 32.1. The van der Waals surface area contributed by atoms with Crippen molar-refractivity contribution in [1.82, 2.24) is 0 Å². The maximum Gasteiger partial charge on any atom is 0.416 e. The first-order valence-corrected chi connectivity index (χ1v) is 9.07. The van der Waals surface area contributed by atoms with E-state index in [9.17, 15) is 27.6 Å². The highest BCUT2D eigenvalue weighted by molar-refractivity contribution is 7.17. The first-order valence-electron chi connectivity index (χ1n) is 8.25. The molecule has 0 atom stereocenters. The molecule has 3 N–H and O–H groups in total. The Morgan fingerprint density at radius 3 is 2.64 bits per heavy atom. The third-order valence-corrected chi connectivity index (χ3v) is 5.39. The first-order chi connectivity index (χ1) is 13.2. The fourth-order valence-electron chi connectivity index (χ4n) is 2.95. The second kappa shape index (κ2) is 7.63. The number of thiophene rings is 1. The molecule has 0 saturated carbocycles. The normalized spacial score (nSPS) is 13.1. The molecular formula is C18H15F3N2O4S. The van der Waals surface area contributed by atoms with Gasteiger partial charge in [-0.15, -0.1) is 11.3 Å². The van der Waals surface area contributed by atoms with Gasteiger partial charge >= 0.3 is 12.1 Å². The Labute approximate surface area is 161 Å². The minimum atomic E-state index is -4.60. The van der Waals surface area contributed by atoms with Crippen molar-refractivity contribution in [3.63, 3.8) is 0 Å². The Morgan fingerprint density at radius 1 is 1.21 bits per heavy atom. The molecule has 6 nitrogen and oxygen atoms in total. The van der Waals surface area contributed by atoms with Gasteiger partial charge in [-0.1, -0.05) is 6.07 Å². The summed E-state index contributed by atoms with van der Waals surface area (Å²) >= 11 is 1.24. The standard InChI is InChI=1S/C18H15F3N2O4S/c19-18(20,21)10-4-1-3-9(7-10)17(26)27-8-13(24)23-16-14(15(22)25)11-5-2-6-12(11)28-16/h1,3-4,7H,2,5-6,8H2,(H2,22,25)(H,23,24). The van der Waals surface area contributed by atoms with Gasteiger partial charge in [0.2, 0.25) is 0 Å². The van der Waals surface area contributed by atoms with Crippen molar-refractivity contribution in [2.45, 2.75) is 25.4 Å². The van der Waals surface area contributed by atoms with Gasteiger partial charge in [0.05, 0.1) is 16.7 Å². The maximum atomic E-state index is 12.7. The molecule has 1 aromatic heterocycles. The molecule has 0 saturated heterocycles. The second-order valence-electron chi connectivity index (χ2n) is 6.13. The highest BCUT2D eigenvalue weighted by Crippen LogP contribution is 2.38. The van der Waals surface area contributed by atoms with Crippen LogP contribution in [-0.4, -0.2) is 24.4 Å². The largest absolute Gasteiger partial charge is 0.452 e. The van der Waals surface area contributed by atoms with Crippen molar-refractivity contribution in [3.05, 3.63) is 51.4 Å². The number of nitrogens with one attached hydrogen (secondary N) is 1. The third-order valence-electron chi connectivity index (χ3n) is 4.18. The molecule has 0 unspecified atom stereocenters. The van der Waals surface area contributed by atoms with Crippen molar-refractivity contribution >= 4 is 34.1 Å². The number of hydrogen-bond acceptors (Lipinski definition) is 5. The van der Waals surface area contributed by atoms with Crippen LogP contribution in [0.5, 0.6) is 0 Å². The summed E-state index contributed by atoms with van der Waals surface area (Å²) in [6.07, 6.45) is -2.20. The van der Waals surface area contributed by atoms with Crippen LogP contribution in [0.4, 0.5) is 18.2 Å². The topological polar surface area (TPSA) is 98.5 Å². The number of carbonyl (C=O) groups is 3. The molecule has 1 aliphatic rings. The molecule has 2 aromatic rings. The van der Waals surface area contributed by atoms with Crippen LogP contribution in [0.2, 0.25) is 0 Å². The van der Waals surface area contributed by atoms with Gasteiger partial charge in [-0.25, -0.2) is 4.79 Å². The molecule has 148 valence electrons. The van der Waals surface area contributed by atoms with Crippen LogP contribution < -0.4 is 11.1 Å². The van der Waals surface area contributed by atoms with E-state index in [1.807, 2.05) is 0 Å². The number of benzene rings is 1. The molecule has 1 heterocycles. The van der Waals surface area contributed by atoms with Crippen LogP contribution in [0.25, 0.3) is 0 Å². The van der Waals surface area contributed by atoms with Gasteiger partial charge in [0.25, 0.3) is 11.8 Å². The molecule has 0 fully saturated rings. The van der Waals surface area contributed by atoms with Crippen LogP contribution in [-0.2, 0) is 28.5 Å². The van der Waals surface area contributed by atoms with Crippen molar-refractivity contribution in [2.24, 2.45) is 5.73 Å². The van der Waals surface area contributed by atoms with E-state index in [0.717, 1.165) is 41.5 Å². The second-order valence-corrected chi connectivity index (χ2v) is 7.23. The number of carbonyl (C=O) groups excluding carboxylic acids is 3. The lowest BCUT2D eigenvalue weighted by atomic mass is 10.1. The van der Waals surface area contributed by atoms with Gasteiger partial charge in [0.15, 0.2) is 6.61 Å². The van der Waals surface area contributed by atoms with E-state index >= 15 is 0 Å². The summed E-state index contributed by atoms with van der Waals surface area (Å²) in [5.41, 5.74) is 5.16. The predicted molar refractivity (Wildman–Crippen MR) is 95.2 cm³/mol. The molecule has 2 amide bonds. The summed E-state index contributed by atoms with van der Waals surface area (Å²) in [5.74, 6) is -2.44. The van der Waals surface area contributed by atoms with Crippen molar-refractivity contribution < 1.29 is 32.3 Å². The number of primary amides is 1. The Kier molecular flexibility index (Phi) is 5.41. The van der Waals surface area contributed by atoms with Gasteiger partial charge in [-0.3, -0.25) is 9.59 Å². The number of fused-ring (bicyclic) bond motifs is 1. The summed E-state index contributed by atoms with van der Waals surface area (Å²) < 4.78 is 42.9. The zero-order valence-electron chi connectivity index (χ0n) is 14.4. The van der Waals surface area contributed by atoms with E-state index in [1.54, 1.807) is 0 Å². The molecule has 0 aliphatic heterocycles. The fourth-order valence-corrected chi connectivity index (χ4v) is 4.26. The molecule has 28 heavy (non-hydrogen) atoms. The van der Waals surface area contributed by atoms with Crippen LogP contribution >= 0.6 is 11.3 Å². The van der Waals surface area contributed by atoms with Crippen LogP contribution in [0, 0.1) is 0 Å². The summed E-state index contributed by atoms with van der Waals surface area (Å²) in [7, 11) is 0. The summed E-state index contributed by atoms with van der Waals surface area (Å²) in [6.45, 7) is -0.712. The quantitative estimate of drug-likeness (QED) is 0.737. The van der Waals surface area contributed by atoms with E-state index in [1.165, 1.54) is 11.3 Å². The number of anilines is 1. The van der Waals surface area contributed by atoms with Gasteiger partial charge in [-0.2, -0.15) is 13.2 Å². The number of halogens is 3. The molecule has 0 radical (unpaired) electrons. The third kappa shape index (κ3) is 4.16. The minimum absolute atomic E-state index is 0.259. The van der Waals surface area contributed by atoms with E-state index < -0.39 is 36.1 Å². The molecule has 0 spiro atoms. The lowest BCUT2D eigenvalue weighted by Crippen LogP contribution is -2.23. The molecule has 3 rings (SSSR count). The van der Waals surface area contributed by atoms with E-state index in [0.29, 0.717) is 12.5 Å². The number of ether oxygens (including phenoxy) is 1. The van der Waals surface area contributed by atoms with Gasteiger partial charge < -0.3 is 15.8 Å². The molecule has 0 bridgehead atoms. The fraction of sp³-hybridized carbons (Fsp3) is 0.278. The van der Waals surface area contributed by atoms with E-state index in [4.69, 9.17) is 10.5 Å². The van der Waals surface area contributed by atoms with Crippen molar-refractivity contribution in [3.8, 4) is 0 Å². The van der Waals surface area contributed by atoms with Gasteiger partial charge in [-0.05, 0) is 43.0 Å². The van der Waals surface area contributed by atoms with E-state index in [2.05, 4.69) is 5.32 Å². The predicted octanol–water partition coefficient (Wildman–Crippen LogP) is 3.15. The molecule has 10 heteroatoms. The van der Waals surface area contributed by atoms with E-state index in [-0.39, 0.29) is 16.1 Å². The van der Waals surface area contributed by atoms with Crippen molar-refractivity contribution in [1.29, 1.82) is 0 Å². The number of nitrogens with two attached hydrogens (primary N) is 1. The van der Waals surface area contributed by atoms with Crippen LogP contribution in [0.15, 0.2) is 24.3 Å². The maximum absolute atomic E-state index is 12.7. The summed E-state index contributed by atoms with van der Waals surface area (Å²) in [5, 5.41) is 2.77. The minimum Gasteiger partial charge on any atom is -0.452 e. The SMILES string of the molecule is NC(=O)c1c(NC(=O)COC(=O)c2cccc(C(F)(F)F)c2)sc2c1CCC2. The first kappa shape index (κ1) is 19.9. The molecular weight excluding hydrogens is 397 g/mol. The Hall–Kier alpha value is -2.88. The smallest absolute Gasteiger partial charge is 0.416 e. The lowest BCUT2D eigenvalue weighted by molar-refractivity contribution is -0.137. The molecule has 1 aliphatic carbocycles. The van der Waals surface area contributed by atoms with Crippen LogP contribution in [0.1, 0.15) is 43.1 Å². The number of aryl methyl sites for hydroxylation is 1. The average molecular weight is 412 g/mol. The number of amides is 2. The Bertz CT molecular complexity index is 953. The summed E-state index contributed by atoms with van der Waals surface area (Å²) in [4.78, 5) is 36.7. The monoisotopic (exact) mass is 412 g/mol. The number of esters is 1. The Morgan fingerprint density at radius 2 is 1.96 bits per heavy atom. The zero-order chi connectivity index (χ0) is 20.5. The van der Waals surface area contributed by atoms with Gasteiger partial charge in [0, 0.05) is 4.88 Å². The average Bonchev–Trinajstić information content (AvgIpc) is 3.19. The number of alkyl halides is 3. The zero-order valence-corrected chi connectivity index (χ0v) is 15.2. The number of rotatable bonds is 5. The highest BCUT2D eigenvalue weighted by Gasteiger charge is 2.31. The Balaban J connectivity index is 1.64. The summed E-state index contributed by atoms with van der Waals surface area (Å²) in [6, 6.07) is 3.70.